The average molecular weight is 345 g/mol. The average Bonchev–Trinajstić information content (AvgIpc) is 2.79. The summed E-state index contributed by atoms with van der Waals surface area (Å²) in [6, 6.07) is 3.09. The van der Waals surface area contributed by atoms with Crippen LogP contribution in [0.5, 0.6) is 0 Å². The van der Waals surface area contributed by atoms with Crippen LogP contribution >= 0.6 is 35.0 Å². The molecule has 1 amide bonds. The van der Waals surface area contributed by atoms with E-state index >= 15 is 0 Å². The quantitative estimate of drug-likeness (QED) is 0.643. The molecule has 2 rings (SSSR count). The first-order valence-electron chi connectivity index (χ1n) is 6.11. The molecule has 8 heteroatoms. The van der Waals surface area contributed by atoms with E-state index in [1.165, 1.54) is 0 Å². The fourth-order valence-electron chi connectivity index (χ4n) is 1.66. The van der Waals surface area contributed by atoms with Crippen LogP contribution in [0.1, 0.15) is 6.42 Å². The van der Waals surface area contributed by atoms with E-state index in [1.54, 1.807) is 34.8 Å². The molecule has 3 N–H and O–H groups in total. The van der Waals surface area contributed by atoms with Crippen molar-refractivity contribution in [3.8, 4) is 0 Å². The van der Waals surface area contributed by atoms with E-state index in [2.05, 4.69) is 10.4 Å². The summed E-state index contributed by atoms with van der Waals surface area (Å²) >= 11 is 13.4. The van der Waals surface area contributed by atoms with Crippen molar-refractivity contribution in [1.82, 2.24) is 9.78 Å². The van der Waals surface area contributed by atoms with Crippen LogP contribution in [0.3, 0.4) is 0 Å². The summed E-state index contributed by atoms with van der Waals surface area (Å²) in [6.45, 7) is 0. The molecule has 0 spiro atoms. The third-order valence-corrected chi connectivity index (χ3v) is 4.10. The molecule has 5 nitrogen and oxygen atoms in total. The van der Waals surface area contributed by atoms with E-state index < -0.39 is 0 Å². The molecule has 0 saturated heterocycles. The van der Waals surface area contributed by atoms with Gasteiger partial charge in [-0.15, -0.1) is 11.8 Å². The highest BCUT2D eigenvalue weighted by Gasteiger charge is 2.10. The number of carbonyl (C=O) groups is 1. The monoisotopic (exact) mass is 344 g/mol. The SMILES string of the molecule is Cn1cc(SCCC(=O)Nc2c(N)cc(Cl)cc2Cl)cn1. The number of hydrogen-bond acceptors (Lipinski definition) is 4. The van der Waals surface area contributed by atoms with Crippen LogP contribution in [0.4, 0.5) is 11.4 Å². The van der Waals surface area contributed by atoms with Crippen molar-refractivity contribution in [2.24, 2.45) is 7.05 Å². The van der Waals surface area contributed by atoms with E-state index in [9.17, 15) is 4.79 Å². The summed E-state index contributed by atoms with van der Waals surface area (Å²) in [5, 5.41) is 7.53. The Bertz CT molecular complexity index is 636. The molecule has 0 saturated carbocycles. The molecule has 1 aromatic carbocycles. The second-order valence-electron chi connectivity index (χ2n) is 4.35. The van der Waals surface area contributed by atoms with Crippen LogP contribution in [0.25, 0.3) is 0 Å². The van der Waals surface area contributed by atoms with Gasteiger partial charge in [-0.3, -0.25) is 9.48 Å². The molecule has 2 aromatic rings. The molecule has 21 heavy (non-hydrogen) atoms. The summed E-state index contributed by atoms with van der Waals surface area (Å²) in [5.74, 6) is 0.491. The van der Waals surface area contributed by atoms with E-state index in [4.69, 9.17) is 28.9 Å². The lowest BCUT2D eigenvalue weighted by molar-refractivity contribution is -0.115. The van der Waals surface area contributed by atoms with Gasteiger partial charge in [0.2, 0.25) is 5.91 Å². The van der Waals surface area contributed by atoms with Crippen molar-refractivity contribution in [3.05, 3.63) is 34.6 Å². The zero-order valence-corrected chi connectivity index (χ0v) is 13.6. The number of anilines is 2. The Morgan fingerprint density at radius 3 is 2.86 bits per heavy atom. The normalized spacial score (nSPS) is 10.6. The molecule has 0 bridgehead atoms. The van der Waals surface area contributed by atoms with Gasteiger partial charge in [-0.25, -0.2) is 0 Å². The van der Waals surface area contributed by atoms with Gasteiger partial charge in [-0.05, 0) is 12.1 Å². The minimum atomic E-state index is -0.151. The molecule has 0 radical (unpaired) electrons. The Morgan fingerprint density at radius 2 is 2.24 bits per heavy atom. The Balaban J connectivity index is 1.87. The van der Waals surface area contributed by atoms with Crippen LogP contribution in [-0.2, 0) is 11.8 Å². The minimum absolute atomic E-state index is 0.151. The Morgan fingerprint density at radius 1 is 1.48 bits per heavy atom. The number of nitrogen functional groups attached to an aromatic ring is 1. The number of nitrogens with one attached hydrogen (secondary N) is 1. The van der Waals surface area contributed by atoms with Gasteiger partial charge in [0.1, 0.15) is 0 Å². The molecular formula is C13H14Cl2N4OS. The molecule has 1 heterocycles. The number of rotatable bonds is 5. The smallest absolute Gasteiger partial charge is 0.225 e. The zero-order chi connectivity index (χ0) is 15.4. The topological polar surface area (TPSA) is 72.9 Å². The third-order valence-electron chi connectivity index (χ3n) is 2.63. The summed E-state index contributed by atoms with van der Waals surface area (Å²) in [5.41, 5.74) is 6.54. The van der Waals surface area contributed by atoms with Crippen molar-refractivity contribution in [2.75, 3.05) is 16.8 Å². The highest BCUT2D eigenvalue weighted by Crippen LogP contribution is 2.32. The second kappa shape index (κ2) is 7.06. The van der Waals surface area contributed by atoms with E-state index in [0.717, 1.165) is 4.90 Å². The van der Waals surface area contributed by atoms with Gasteiger partial charge in [0, 0.05) is 35.3 Å². The number of nitrogens with two attached hydrogens (primary N) is 1. The highest BCUT2D eigenvalue weighted by molar-refractivity contribution is 7.99. The van der Waals surface area contributed by atoms with Crippen LogP contribution in [-0.4, -0.2) is 21.4 Å². The van der Waals surface area contributed by atoms with Crippen molar-refractivity contribution in [2.45, 2.75) is 11.3 Å². The van der Waals surface area contributed by atoms with Crippen molar-refractivity contribution in [3.63, 3.8) is 0 Å². The predicted octanol–water partition coefficient (Wildman–Crippen LogP) is 3.43. The molecular weight excluding hydrogens is 331 g/mol. The lowest BCUT2D eigenvalue weighted by atomic mass is 10.2. The first-order chi connectivity index (χ1) is 9.95. The largest absolute Gasteiger partial charge is 0.397 e. The number of carbonyl (C=O) groups excluding carboxylic acids is 1. The maximum absolute atomic E-state index is 11.9. The van der Waals surface area contributed by atoms with Gasteiger partial charge in [-0.2, -0.15) is 5.10 Å². The number of amides is 1. The lowest BCUT2D eigenvalue weighted by Crippen LogP contribution is -2.14. The Hall–Kier alpha value is -1.37. The Labute approximate surface area is 136 Å². The summed E-state index contributed by atoms with van der Waals surface area (Å²) in [7, 11) is 1.85. The molecule has 0 aliphatic heterocycles. The first kappa shape index (κ1) is 16.0. The Kier molecular flexibility index (Phi) is 5.39. The lowest BCUT2D eigenvalue weighted by Gasteiger charge is -2.10. The van der Waals surface area contributed by atoms with E-state index in [-0.39, 0.29) is 5.91 Å². The first-order valence-corrected chi connectivity index (χ1v) is 7.85. The van der Waals surface area contributed by atoms with Crippen molar-refractivity contribution in [1.29, 1.82) is 0 Å². The number of nitrogens with zero attached hydrogens (tertiary/aromatic N) is 2. The molecule has 0 aliphatic rings. The number of benzene rings is 1. The molecule has 112 valence electrons. The highest BCUT2D eigenvalue weighted by atomic mass is 35.5. The van der Waals surface area contributed by atoms with Crippen molar-refractivity contribution < 1.29 is 4.79 Å². The van der Waals surface area contributed by atoms with Crippen molar-refractivity contribution >= 4 is 52.2 Å². The molecule has 0 atom stereocenters. The van der Waals surface area contributed by atoms with Crippen LogP contribution in [0.15, 0.2) is 29.4 Å². The van der Waals surface area contributed by atoms with E-state index in [1.807, 2.05) is 13.2 Å². The van der Waals surface area contributed by atoms with Gasteiger partial charge >= 0.3 is 0 Å². The number of aryl methyl sites for hydroxylation is 1. The number of hydrogen-bond donors (Lipinski definition) is 2. The van der Waals surface area contributed by atoms with Gasteiger partial charge in [0.25, 0.3) is 0 Å². The zero-order valence-electron chi connectivity index (χ0n) is 11.3. The number of thioether (sulfide) groups is 1. The molecule has 1 aromatic heterocycles. The minimum Gasteiger partial charge on any atom is -0.397 e. The summed E-state index contributed by atoms with van der Waals surface area (Å²) in [4.78, 5) is 12.9. The summed E-state index contributed by atoms with van der Waals surface area (Å²) in [6.07, 6.45) is 4.01. The van der Waals surface area contributed by atoms with Crippen LogP contribution in [0.2, 0.25) is 10.0 Å². The third kappa shape index (κ3) is 4.56. The van der Waals surface area contributed by atoms with E-state index in [0.29, 0.717) is 33.6 Å². The molecule has 0 fully saturated rings. The molecule has 0 unspecified atom stereocenters. The fourth-order valence-corrected chi connectivity index (χ4v) is 3.09. The number of aromatic nitrogens is 2. The summed E-state index contributed by atoms with van der Waals surface area (Å²) < 4.78 is 1.72. The maximum Gasteiger partial charge on any atom is 0.225 e. The van der Waals surface area contributed by atoms with Gasteiger partial charge in [0.15, 0.2) is 0 Å². The standard InChI is InChI=1S/C13H14Cl2N4OS/c1-19-7-9(6-17-19)21-3-2-12(20)18-13-10(15)4-8(14)5-11(13)16/h4-7H,2-3,16H2,1H3,(H,18,20). The predicted molar refractivity (Wildman–Crippen MR) is 88.1 cm³/mol. The second-order valence-corrected chi connectivity index (χ2v) is 6.36. The van der Waals surface area contributed by atoms with Crippen LogP contribution in [0, 0.1) is 0 Å². The van der Waals surface area contributed by atoms with Gasteiger partial charge in [-0.1, -0.05) is 23.2 Å². The van der Waals surface area contributed by atoms with Gasteiger partial charge < -0.3 is 11.1 Å². The van der Waals surface area contributed by atoms with Gasteiger partial charge in [0.05, 0.1) is 22.6 Å². The fraction of sp³-hybridized carbons (Fsp3) is 0.231. The number of halogens is 2. The molecule has 0 aliphatic carbocycles. The van der Waals surface area contributed by atoms with Crippen LogP contribution < -0.4 is 11.1 Å². The maximum atomic E-state index is 11.9.